The van der Waals surface area contributed by atoms with Crippen LogP contribution in [-0.4, -0.2) is 31.4 Å². The van der Waals surface area contributed by atoms with Crippen LogP contribution in [0.3, 0.4) is 0 Å². The second-order valence-corrected chi connectivity index (χ2v) is 9.66. The molecule has 0 radical (unpaired) electrons. The molecular weight excluding hydrogens is 474 g/mol. The average Bonchev–Trinajstić information content (AvgIpc) is 3.43. The number of nitrogens with one attached hydrogen (secondary N) is 2. The first-order valence-electron chi connectivity index (χ1n) is 12.6. The van der Waals surface area contributed by atoms with Gasteiger partial charge < -0.3 is 15.4 Å². The molecule has 0 saturated carbocycles. The van der Waals surface area contributed by atoms with Crippen LogP contribution in [0.5, 0.6) is 5.75 Å². The van der Waals surface area contributed by atoms with E-state index in [1.165, 1.54) is 19.2 Å². The summed E-state index contributed by atoms with van der Waals surface area (Å²) in [4.78, 5) is 26.9. The first-order valence-corrected chi connectivity index (χ1v) is 12.6. The third-order valence-corrected chi connectivity index (χ3v) is 6.78. The molecule has 1 aliphatic rings. The van der Waals surface area contributed by atoms with E-state index in [2.05, 4.69) is 10.6 Å². The third-order valence-electron chi connectivity index (χ3n) is 6.78. The van der Waals surface area contributed by atoms with Crippen LogP contribution >= 0.6 is 0 Å². The summed E-state index contributed by atoms with van der Waals surface area (Å²) in [6.07, 6.45) is 1.36. The summed E-state index contributed by atoms with van der Waals surface area (Å²) in [5.74, 6) is -1.69. The molecular formula is C30H32F2N2O3. The lowest BCUT2D eigenvalue weighted by molar-refractivity contribution is -0.128. The molecule has 2 atom stereocenters. The van der Waals surface area contributed by atoms with Crippen LogP contribution in [0.25, 0.3) is 11.1 Å². The molecule has 0 spiro atoms. The second-order valence-electron chi connectivity index (χ2n) is 9.66. The van der Waals surface area contributed by atoms with Gasteiger partial charge in [0.25, 0.3) is 0 Å². The summed E-state index contributed by atoms with van der Waals surface area (Å²) in [7, 11) is 1.37. The Balaban J connectivity index is 1.79. The number of rotatable bonds is 9. The zero-order valence-corrected chi connectivity index (χ0v) is 21.3. The van der Waals surface area contributed by atoms with Crippen LogP contribution in [0, 0.1) is 11.6 Å². The number of halogens is 2. The van der Waals surface area contributed by atoms with Crippen LogP contribution in [0.1, 0.15) is 55.3 Å². The molecule has 3 aromatic carbocycles. The zero-order chi connectivity index (χ0) is 26.5. The lowest BCUT2D eigenvalue weighted by atomic mass is 9.87. The van der Waals surface area contributed by atoms with Crippen molar-refractivity contribution < 1.29 is 23.1 Å². The molecule has 4 rings (SSSR count). The van der Waals surface area contributed by atoms with Gasteiger partial charge >= 0.3 is 0 Å². The van der Waals surface area contributed by atoms with Crippen LogP contribution < -0.4 is 15.4 Å². The van der Waals surface area contributed by atoms with Crippen molar-refractivity contribution >= 4 is 11.7 Å². The largest absolute Gasteiger partial charge is 0.494 e. The average molecular weight is 507 g/mol. The first-order chi connectivity index (χ1) is 17.8. The maximum atomic E-state index is 16.0. The molecule has 1 saturated heterocycles. The lowest BCUT2D eigenvalue weighted by Gasteiger charge is -2.25. The van der Waals surface area contributed by atoms with Crippen molar-refractivity contribution in [2.24, 2.45) is 0 Å². The number of amides is 1. The van der Waals surface area contributed by atoms with Gasteiger partial charge in [-0.3, -0.25) is 9.59 Å². The van der Waals surface area contributed by atoms with Gasteiger partial charge in [-0.25, -0.2) is 8.78 Å². The SMILES string of the molecule is COc1ccc(CC(=O)C(NC(=O)C2CCCN2)c2ccc(C(C)C)c(F)c2-c2ccccc2)cc1F. The fraction of sp³-hybridized carbons (Fsp3) is 0.333. The van der Waals surface area contributed by atoms with Crippen molar-refractivity contribution in [3.63, 3.8) is 0 Å². The molecule has 194 valence electrons. The number of Topliss-reactive ketones (excluding diaryl/α,β-unsaturated/α-hetero) is 1. The molecule has 37 heavy (non-hydrogen) atoms. The molecule has 5 nitrogen and oxygen atoms in total. The number of ketones is 1. The highest BCUT2D eigenvalue weighted by Crippen LogP contribution is 2.36. The van der Waals surface area contributed by atoms with Crippen LogP contribution in [0.2, 0.25) is 0 Å². The molecule has 7 heteroatoms. The molecule has 1 heterocycles. The van der Waals surface area contributed by atoms with E-state index in [-0.39, 0.29) is 35.3 Å². The van der Waals surface area contributed by atoms with E-state index in [4.69, 9.17) is 4.74 Å². The number of carbonyl (C=O) groups is 2. The Labute approximate surface area is 216 Å². The monoisotopic (exact) mass is 506 g/mol. The van der Waals surface area contributed by atoms with E-state index in [9.17, 15) is 14.0 Å². The fourth-order valence-corrected chi connectivity index (χ4v) is 4.80. The van der Waals surface area contributed by atoms with Gasteiger partial charge in [0.05, 0.1) is 13.2 Å². The second kappa shape index (κ2) is 11.6. The van der Waals surface area contributed by atoms with Crippen LogP contribution in [-0.2, 0) is 16.0 Å². The summed E-state index contributed by atoms with van der Waals surface area (Å²) < 4.78 is 35.3. The third kappa shape index (κ3) is 5.88. The predicted molar refractivity (Wildman–Crippen MR) is 139 cm³/mol. The molecule has 0 bridgehead atoms. The number of hydrogen-bond donors (Lipinski definition) is 2. The standard InChI is InChI=1S/C30H32F2N2O3/c1-18(2)21-12-13-22(27(28(21)32)20-8-5-4-6-9-20)29(34-30(36)24-10-7-15-33-24)25(35)17-19-11-14-26(37-3)23(31)16-19/h4-6,8-9,11-14,16,18,24,29,33H,7,10,15,17H2,1-3H3,(H,34,36). The Morgan fingerprint density at radius 1 is 1.05 bits per heavy atom. The van der Waals surface area contributed by atoms with Crippen molar-refractivity contribution in [1.29, 1.82) is 0 Å². The summed E-state index contributed by atoms with van der Waals surface area (Å²) in [5, 5.41) is 6.03. The highest BCUT2D eigenvalue weighted by atomic mass is 19.1. The Morgan fingerprint density at radius 2 is 1.78 bits per heavy atom. The van der Waals surface area contributed by atoms with Gasteiger partial charge in [-0.15, -0.1) is 0 Å². The minimum Gasteiger partial charge on any atom is -0.494 e. The summed E-state index contributed by atoms with van der Waals surface area (Å²) in [6.45, 7) is 4.53. The maximum Gasteiger partial charge on any atom is 0.237 e. The van der Waals surface area contributed by atoms with Gasteiger partial charge in [-0.05, 0) is 59.7 Å². The molecule has 0 aromatic heterocycles. The minimum absolute atomic E-state index is 0.0751. The highest BCUT2D eigenvalue weighted by molar-refractivity contribution is 5.94. The number of benzene rings is 3. The van der Waals surface area contributed by atoms with Gasteiger partial charge in [0, 0.05) is 12.0 Å². The van der Waals surface area contributed by atoms with Gasteiger partial charge in [0.1, 0.15) is 11.9 Å². The van der Waals surface area contributed by atoms with Gasteiger partial charge in [0.2, 0.25) is 5.91 Å². The Morgan fingerprint density at radius 3 is 2.41 bits per heavy atom. The Kier molecular flexibility index (Phi) is 8.34. The number of hydrogen-bond acceptors (Lipinski definition) is 4. The minimum atomic E-state index is -1.12. The number of methoxy groups -OCH3 is 1. The first kappa shape index (κ1) is 26.5. The van der Waals surface area contributed by atoms with Crippen molar-refractivity contribution in [1.82, 2.24) is 10.6 Å². The Bertz CT molecular complexity index is 1270. The maximum absolute atomic E-state index is 16.0. The van der Waals surface area contributed by atoms with Gasteiger partial charge in [-0.2, -0.15) is 0 Å². The molecule has 1 amide bonds. The van der Waals surface area contributed by atoms with E-state index in [1.54, 1.807) is 42.5 Å². The predicted octanol–water partition coefficient (Wildman–Crippen LogP) is 5.48. The number of carbonyl (C=O) groups excluding carboxylic acids is 2. The zero-order valence-electron chi connectivity index (χ0n) is 21.3. The normalized spacial score (nSPS) is 16.0. The highest BCUT2D eigenvalue weighted by Gasteiger charge is 2.31. The van der Waals surface area contributed by atoms with Gasteiger partial charge in [0.15, 0.2) is 17.3 Å². The molecule has 2 N–H and O–H groups in total. The summed E-state index contributed by atoms with van der Waals surface area (Å²) >= 11 is 0. The molecule has 2 unspecified atom stereocenters. The van der Waals surface area contributed by atoms with Gasteiger partial charge in [-0.1, -0.05) is 62.4 Å². The molecule has 1 aliphatic heterocycles. The quantitative estimate of drug-likeness (QED) is 0.403. The van der Waals surface area contributed by atoms with Crippen molar-refractivity contribution in [3.05, 3.63) is 89.0 Å². The van der Waals surface area contributed by atoms with Crippen molar-refractivity contribution in [2.45, 2.75) is 51.1 Å². The van der Waals surface area contributed by atoms with Crippen LogP contribution in [0.15, 0.2) is 60.7 Å². The molecule has 3 aromatic rings. The van der Waals surface area contributed by atoms with Crippen LogP contribution in [0.4, 0.5) is 8.78 Å². The summed E-state index contributed by atoms with van der Waals surface area (Å²) in [5.41, 5.74) is 2.22. The molecule has 0 aliphatic carbocycles. The fourth-order valence-electron chi connectivity index (χ4n) is 4.80. The van der Waals surface area contributed by atoms with E-state index in [0.717, 1.165) is 13.0 Å². The lowest BCUT2D eigenvalue weighted by Crippen LogP contribution is -2.44. The van der Waals surface area contributed by atoms with Crippen molar-refractivity contribution in [2.75, 3.05) is 13.7 Å². The van der Waals surface area contributed by atoms with E-state index >= 15 is 4.39 Å². The Hall–Kier alpha value is -3.58. The molecule has 1 fully saturated rings. The topological polar surface area (TPSA) is 67.4 Å². The van der Waals surface area contributed by atoms with E-state index < -0.39 is 23.7 Å². The van der Waals surface area contributed by atoms with E-state index in [0.29, 0.717) is 28.7 Å². The smallest absolute Gasteiger partial charge is 0.237 e. The summed E-state index contributed by atoms with van der Waals surface area (Å²) in [6, 6.07) is 15.2. The van der Waals surface area contributed by atoms with E-state index in [1.807, 2.05) is 19.9 Å². The van der Waals surface area contributed by atoms with Crippen molar-refractivity contribution in [3.8, 4) is 16.9 Å². The number of ether oxygens (including phenoxy) is 1.